The van der Waals surface area contributed by atoms with E-state index < -0.39 is 5.91 Å². The summed E-state index contributed by atoms with van der Waals surface area (Å²) in [5.41, 5.74) is 7.40. The van der Waals surface area contributed by atoms with Gasteiger partial charge in [-0.2, -0.15) is 0 Å². The minimum absolute atomic E-state index is 0.0580. The second-order valence-electron chi connectivity index (χ2n) is 5.61. The molecule has 0 atom stereocenters. The molecule has 5 heteroatoms. The summed E-state index contributed by atoms with van der Waals surface area (Å²) in [6.07, 6.45) is 1.98. The highest BCUT2D eigenvalue weighted by atomic mass is 16.5. The topological polar surface area (TPSA) is 81.4 Å². The Morgan fingerprint density at radius 1 is 1.08 bits per heavy atom. The van der Waals surface area contributed by atoms with Crippen molar-refractivity contribution < 1.29 is 14.3 Å². The molecule has 0 aliphatic rings. The van der Waals surface area contributed by atoms with Crippen molar-refractivity contribution in [3.63, 3.8) is 0 Å². The molecule has 0 fully saturated rings. The van der Waals surface area contributed by atoms with E-state index in [0.29, 0.717) is 24.3 Å². The van der Waals surface area contributed by atoms with Crippen LogP contribution >= 0.6 is 0 Å². The lowest BCUT2D eigenvalue weighted by atomic mass is 10.2. The summed E-state index contributed by atoms with van der Waals surface area (Å²) in [7, 11) is 0. The Labute approximate surface area is 141 Å². The quantitative estimate of drug-likeness (QED) is 0.730. The normalized spacial score (nSPS) is 10.2. The molecule has 0 bridgehead atoms. The van der Waals surface area contributed by atoms with Gasteiger partial charge in [0.05, 0.1) is 6.61 Å². The number of rotatable bonds is 8. The first-order chi connectivity index (χ1) is 11.5. The van der Waals surface area contributed by atoms with Gasteiger partial charge in [0, 0.05) is 17.7 Å². The molecule has 0 spiro atoms. The highest BCUT2D eigenvalue weighted by molar-refractivity contribution is 5.94. The van der Waals surface area contributed by atoms with Crippen LogP contribution in [0.15, 0.2) is 48.5 Å². The zero-order chi connectivity index (χ0) is 17.4. The number of ether oxygens (including phenoxy) is 1. The van der Waals surface area contributed by atoms with E-state index in [2.05, 4.69) is 5.32 Å². The monoisotopic (exact) mass is 326 g/mol. The van der Waals surface area contributed by atoms with E-state index in [1.165, 1.54) is 0 Å². The summed E-state index contributed by atoms with van der Waals surface area (Å²) in [5, 5.41) is 2.79. The zero-order valence-corrected chi connectivity index (χ0v) is 13.7. The number of nitrogens with two attached hydrogens (primary N) is 1. The molecule has 0 saturated carbocycles. The maximum Gasteiger partial charge on any atom is 0.248 e. The average Bonchev–Trinajstić information content (AvgIpc) is 2.55. The number of primary amides is 1. The molecule has 0 aliphatic carbocycles. The van der Waals surface area contributed by atoms with E-state index in [0.717, 1.165) is 24.2 Å². The van der Waals surface area contributed by atoms with E-state index >= 15 is 0 Å². The maximum absolute atomic E-state index is 11.9. The summed E-state index contributed by atoms with van der Waals surface area (Å²) in [5.74, 6) is 0.313. The van der Waals surface area contributed by atoms with Crippen molar-refractivity contribution in [3.8, 4) is 5.75 Å². The molecule has 0 aromatic heterocycles. The Balaban J connectivity index is 1.65. The van der Waals surface area contributed by atoms with Crippen LogP contribution in [-0.4, -0.2) is 18.4 Å². The van der Waals surface area contributed by atoms with Crippen molar-refractivity contribution in [1.82, 2.24) is 0 Å². The molecule has 0 saturated heterocycles. The minimum Gasteiger partial charge on any atom is -0.494 e. The molecule has 2 amide bonds. The molecule has 0 heterocycles. The smallest absolute Gasteiger partial charge is 0.248 e. The van der Waals surface area contributed by atoms with Gasteiger partial charge < -0.3 is 15.8 Å². The molecule has 0 unspecified atom stereocenters. The summed E-state index contributed by atoms with van der Waals surface area (Å²) < 4.78 is 5.65. The number of anilines is 1. The molecule has 2 aromatic rings. The Kier molecular flexibility index (Phi) is 6.37. The van der Waals surface area contributed by atoms with Crippen LogP contribution in [0, 0.1) is 6.92 Å². The molecule has 2 aromatic carbocycles. The fourth-order valence-electron chi connectivity index (χ4n) is 2.22. The lowest BCUT2D eigenvalue weighted by molar-refractivity contribution is -0.116. The van der Waals surface area contributed by atoms with E-state index in [-0.39, 0.29) is 5.91 Å². The van der Waals surface area contributed by atoms with E-state index in [4.69, 9.17) is 10.5 Å². The van der Waals surface area contributed by atoms with Crippen molar-refractivity contribution in [3.05, 3.63) is 59.7 Å². The Bertz CT molecular complexity index is 696. The molecule has 24 heavy (non-hydrogen) atoms. The van der Waals surface area contributed by atoms with Crippen LogP contribution in [0.4, 0.5) is 5.69 Å². The standard InChI is InChI=1S/C19H22N2O3/c1-14-5-4-6-17(13-14)24-12-3-2-7-18(22)21-16-10-8-15(9-11-16)19(20)23/h4-6,8-11,13H,2-3,7,12H2,1H3,(H2,20,23)(H,21,22). The third-order valence-corrected chi connectivity index (χ3v) is 3.51. The van der Waals surface area contributed by atoms with Gasteiger partial charge in [0.1, 0.15) is 5.75 Å². The molecular weight excluding hydrogens is 304 g/mol. The zero-order valence-electron chi connectivity index (χ0n) is 13.7. The average molecular weight is 326 g/mol. The largest absolute Gasteiger partial charge is 0.494 e. The van der Waals surface area contributed by atoms with Crippen LogP contribution < -0.4 is 15.8 Å². The maximum atomic E-state index is 11.9. The number of benzene rings is 2. The van der Waals surface area contributed by atoms with Crippen LogP contribution in [0.3, 0.4) is 0 Å². The van der Waals surface area contributed by atoms with Crippen molar-refractivity contribution in [2.45, 2.75) is 26.2 Å². The highest BCUT2D eigenvalue weighted by Gasteiger charge is 2.04. The van der Waals surface area contributed by atoms with Crippen LogP contribution in [0.25, 0.3) is 0 Å². The second kappa shape index (κ2) is 8.72. The van der Waals surface area contributed by atoms with Crippen molar-refractivity contribution in [2.75, 3.05) is 11.9 Å². The molecule has 2 rings (SSSR count). The number of hydrogen-bond donors (Lipinski definition) is 2. The number of nitrogens with one attached hydrogen (secondary N) is 1. The van der Waals surface area contributed by atoms with E-state index in [1.54, 1.807) is 24.3 Å². The molecule has 0 aliphatic heterocycles. The first-order valence-electron chi connectivity index (χ1n) is 7.94. The van der Waals surface area contributed by atoms with Gasteiger partial charge in [-0.25, -0.2) is 0 Å². The summed E-state index contributed by atoms with van der Waals surface area (Å²) in [4.78, 5) is 22.8. The van der Waals surface area contributed by atoms with Crippen LogP contribution in [0.5, 0.6) is 5.75 Å². The SMILES string of the molecule is Cc1cccc(OCCCCC(=O)Nc2ccc(C(N)=O)cc2)c1. The molecule has 0 radical (unpaired) electrons. The summed E-state index contributed by atoms with van der Waals surface area (Å²) >= 11 is 0. The first-order valence-corrected chi connectivity index (χ1v) is 7.94. The van der Waals surface area contributed by atoms with Gasteiger partial charge in [-0.1, -0.05) is 12.1 Å². The number of carbonyl (C=O) groups excluding carboxylic acids is 2. The number of amides is 2. The number of hydrogen-bond acceptors (Lipinski definition) is 3. The summed E-state index contributed by atoms with van der Waals surface area (Å²) in [6.45, 7) is 2.61. The lowest BCUT2D eigenvalue weighted by Gasteiger charge is -2.07. The first kappa shape index (κ1) is 17.5. The van der Waals surface area contributed by atoms with Gasteiger partial charge in [0.15, 0.2) is 0 Å². The van der Waals surface area contributed by atoms with Crippen molar-refractivity contribution in [2.24, 2.45) is 5.73 Å². The highest BCUT2D eigenvalue weighted by Crippen LogP contribution is 2.13. The fraction of sp³-hybridized carbons (Fsp3) is 0.263. The van der Waals surface area contributed by atoms with E-state index in [1.807, 2.05) is 31.2 Å². The van der Waals surface area contributed by atoms with E-state index in [9.17, 15) is 9.59 Å². The van der Waals surface area contributed by atoms with Crippen LogP contribution in [0.2, 0.25) is 0 Å². The minimum atomic E-state index is -0.485. The predicted octanol–water partition coefficient (Wildman–Crippen LogP) is 3.28. The molecule has 126 valence electrons. The third-order valence-electron chi connectivity index (χ3n) is 3.51. The summed E-state index contributed by atoms with van der Waals surface area (Å²) in [6, 6.07) is 14.4. The molecular formula is C19H22N2O3. The van der Waals surface area contributed by atoms with Gasteiger partial charge in [-0.3, -0.25) is 9.59 Å². The number of unbranched alkanes of at least 4 members (excludes halogenated alkanes) is 1. The van der Waals surface area contributed by atoms with Gasteiger partial charge in [-0.15, -0.1) is 0 Å². The molecule has 3 N–H and O–H groups in total. The van der Waals surface area contributed by atoms with Crippen LogP contribution in [0.1, 0.15) is 35.2 Å². The Morgan fingerprint density at radius 3 is 2.50 bits per heavy atom. The van der Waals surface area contributed by atoms with Crippen LogP contribution in [-0.2, 0) is 4.79 Å². The molecule has 5 nitrogen and oxygen atoms in total. The van der Waals surface area contributed by atoms with Crippen molar-refractivity contribution >= 4 is 17.5 Å². The second-order valence-corrected chi connectivity index (χ2v) is 5.61. The fourth-order valence-corrected chi connectivity index (χ4v) is 2.22. The Hall–Kier alpha value is -2.82. The Morgan fingerprint density at radius 2 is 1.83 bits per heavy atom. The van der Waals surface area contributed by atoms with Gasteiger partial charge in [0.2, 0.25) is 11.8 Å². The van der Waals surface area contributed by atoms with Gasteiger partial charge in [-0.05, 0) is 61.7 Å². The van der Waals surface area contributed by atoms with Gasteiger partial charge >= 0.3 is 0 Å². The predicted molar refractivity (Wildman–Crippen MR) is 94.1 cm³/mol. The lowest BCUT2D eigenvalue weighted by Crippen LogP contribution is -2.13. The number of carbonyl (C=O) groups is 2. The van der Waals surface area contributed by atoms with Gasteiger partial charge in [0.25, 0.3) is 0 Å². The van der Waals surface area contributed by atoms with Crippen molar-refractivity contribution in [1.29, 1.82) is 0 Å². The third kappa shape index (κ3) is 5.76. The number of aryl methyl sites for hydroxylation is 1.